The zero-order valence-electron chi connectivity index (χ0n) is 19.8. The van der Waals surface area contributed by atoms with Crippen molar-refractivity contribution < 1.29 is 14.3 Å². The Morgan fingerprint density at radius 2 is 1.47 bits per heavy atom. The third-order valence-electron chi connectivity index (χ3n) is 5.57. The number of likely N-dealkylation sites (tertiary alicyclic amines) is 1. The van der Waals surface area contributed by atoms with E-state index in [1.54, 1.807) is 13.8 Å². The van der Waals surface area contributed by atoms with Gasteiger partial charge in [0.25, 0.3) is 5.78 Å². The average Bonchev–Trinajstić information content (AvgIpc) is 3.21. The predicted octanol–water partition coefficient (Wildman–Crippen LogP) is 6.30. The number of ether oxygens (including phenoxy) is 1. The Bertz CT molecular complexity index is 691. The van der Waals surface area contributed by atoms with Crippen molar-refractivity contribution in [2.75, 3.05) is 19.7 Å². The average molecular weight is 416 g/mol. The Morgan fingerprint density at radius 1 is 0.900 bits per heavy atom. The first-order valence-electron chi connectivity index (χ1n) is 11.4. The molecule has 1 heterocycles. The number of allylic oxidation sites excluding steroid dienone is 6. The number of rotatable bonds is 13. The van der Waals surface area contributed by atoms with Gasteiger partial charge in [0.05, 0.1) is 6.61 Å². The number of carbonyl (C=O) groups is 2. The van der Waals surface area contributed by atoms with Crippen LogP contribution in [0.15, 0.2) is 46.7 Å². The van der Waals surface area contributed by atoms with Gasteiger partial charge in [-0.25, -0.2) is 4.79 Å². The molecule has 0 N–H and O–H groups in total. The summed E-state index contributed by atoms with van der Waals surface area (Å²) in [5.74, 6) is -1.25. The molecule has 0 aromatic rings. The predicted molar refractivity (Wildman–Crippen MR) is 125 cm³/mol. The van der Waals surface area contributed by atoms with Crippen LogP contribution in [-0.2, 0) is 14.3 Å². The van der Waals surface area contributed by atoms with Gasteiger partial charge in [0.2, 0.25) is 0 Å². The standard InChI is InChI=1S/C26H41NO3/c1-7-30-26(29)25(28)23(6)24(27-18-8-9-19-27)17-16-22(5)15-11-14-21(4)13-10-12-20(2)3/h13,15H,2,7-12,14,16-19H2,1,3-6H3. The van der Waals surface area contributed by atoms with E-state index in [4.69, 9.17) is 4.74 Å². The molecule has 4 heteroatoms. The Labute approximate surface area is 183 Å². The number of ketones is 1. The highest BCUT2D eigenvalue weighted by Gasteiger charge is 2.24. The maximum atomic E-state index is 12.5. The van der Waals surface area contributed by atoms with E-state index in [1.165, 1.54) is 16.7 Å². The van der Waals surface area contributed by atoms with Gasteiger partial charge < -0.3 is 9.64 Å². The minimum Gasteiger partial charge on any atom is -0.460 e. The summed E-state index contributed by atoms with van der Waals surface area (Å²) in [5, 5.41) is 0. The maximum absolute atomic E-state index is 12.5. The summed E-state index contributed by atoms with van der Waals surface area (Å²) in [6.45, 7) is 16.0. The quantitative estimate of drug-likeness (QED) is 0.153. The summed E-state index contributed by atoms with van der Waals surface area (Å²) in [7, 11) is 0. The zero-order valence-corrected chi connectivity index (χ0v) is 19.8. The van der Waals surface area contributed by atoms with Crippen molar-refractivity contribution in [3.05, 3.63) is 46.7 Å². The van der Waals surface area contributed by atoms with Crippen molar-refractivity contribution in [1.29, 1.82) is 0 Å². The molecule has 0 amide bonds. The number of carbonyl (C=O) groups excluding carboxylic acids is 2. The fourth-order valence-corrected chi connectivity index (χ4v) is 3.68. The first-order chi connectivity index (χ1) is 14.3. The summed E-state index contributed by atoms with van der Waals surface area (Å²) < 4.78 is 4.92. The molecule has 168 valence electrons. The number of Topliss-reactive ketones (excluding diaryl/α,β-unsaturated/α-hetero) is 1. The van der Waals surface area contributed by atoms with Gasteiger partial charge >= 0.3 is 5.97 Å². The molecule has 0 unspecified atom stereocenters. The van der Waals surface area contributed by atoms with Gasteiger partial charge in [-0.15, -0.1) is 6.58 Å². The van der Waals surface area contributed by atoms with Crippen molar-refractivity contribution >= 4 is 11.8 Å². The summed E-state index contributed by atoms with van der Waals surface area (Å²) in [6, 6.07) is 0. The van der Waals surface area contributed by atoms with E-state index in [1.807, 2.05) is 0 Å². The highest BCUT2D eigenvalue weighted by atomic mass is 16.5. The largest absolute Gasteiger partial charge is 0.460 e. The molecular weight excluding hydrogens is 374 g/mol. The van der Waals surface area contributed by atoms with Crippen molar-refractivity contribution in [3.8, 4) is 0 Å². The third-order valence-corrected chi connectivity index (χ3v) is 5.57. The fraction of sp³-hybridized carbons (Fsp3) is 0.615. The van der Waals surface area contributed by atoms with E-state index in [-0.39, 0.29) is 6.61 Å². The van der Waals surface area contributed by atoms with Crippen LogP contribution in [0.1, 0.15) is 86.0 Å². The molecule has 0 radical (unpaired) electrons. The topological polar surface area (TPSA) is 46.6 Å². The van der Waals surface area contributed by atoms with E-state index < -0.39 is 11.8 Å². The number of hydrogen-bond donors (Lipinski definition) is 0. The van der Waals surface area contributed by atoms with E-state index in [9.17, 15) is 9.59 Å². The van der Waals surface area contributed by atoms with Crippen LogP contribution in [-0.4, -0.2) is 36.3 Å². The second kappa shape index (κ2) is 14.0. The van der Waals surface area contributed by atoms with Crippen LogP contribution in [0, 0.1) is 0 Å². The van der Waals surface area contributed by atoms with Crippen LogP contribution in [0.25, 0.3) is 0 Å². The van der Waals surface area contributed by atoms with Crippen LogP contribution in [0.3, 0.4) is 0 Å². The Morgan fingerprint density at radius 3 is 2.03 bits per heavy atom. The molecule has 0 bridgehead atoms. The SMILES string of the molecule is C=C(C)CCC=C(C)CCC=C(C)CCC(=C(C)C(=O)C(=O)OCC)N1CCCC1. The minimum atomic E-state index is -0.743. The van der Waals surface area contributed by atoms with E-state index in [2.05, 4.69) is 44.4 Å². The molecule has 1 aliphatic heterocycles. The van der Waals surface area contributed by atoms with Crippen molar-refractivity contribution in [2.45, 2.75) is 86.0 Å². The lowest BCUT2D eigenvalue weighted by Gasteiger charge is -2.24. The minimum absolute atomic E-state index is 0.222. The van der Waals surface area contributed by atoms with Gasteiger partial charge in [-0.3, -0.25) is 4.79 Å². The van der Waals surface area contributed by atoms with Crippen LogP contribution in [0.2, 0.25) is 0 Å². The van der Waals surface area contributed by atoms with Crippen LogP contribution in [0.5, 0.6) is 0 Å². The summed E-state index contributed by atoms with van der Waals surface area (Å²) >= 11 is 0. The molecule has 0 aliphatic carbocycles. The molecule has 1 fully saturated rings. The lowest BCUT2D eigenvalue weighted by Crippen LogP contribution is -2.26. The smallest absolute Gasteiger partial charge is 0.379 e. The molecule has 0 aromatic heterocycles. The van der Waals surface area contributed by atoms with Crippen LogP contribution >= 0.6 is 0 Å². The van der Waals surface area contributed by atoms with Gasteiger partial charge in [0.15, 0.2) is 0 Å². The molecule has 0 spiro atoms. The Hall–Kier alpha value is -2.10. The van der Waals surface area contributed by atoms with E-state index >= 15 is 0 Å². The molecule has 1 aliphatic rings. The number of hydrogen-bond acceptors (Lipinski definition) is 4. The first kappa shape index (κ1) is 25.9. The van der Waals surface area contributed by atoms with E-state index in [0.717, 1.165) is 70.2 Å². The summed E-state index contributed by atoms with van der Waals surface area (Å²) in [4.78, 5) is 26.7. The summed E-state index contributed by atoms with van der Waals surface area (Å²) in [5.41, 5.74) is 5.54. The van der Waals surface area contributed by atoms with Gasteiger partial charge in [-0.05, 0) is 86.0 Å². The Kier molecular flexibility index (Phi) is 12.1. The van der Waals surface area contributed by atoms with Gasteiger partial charge in [0.1, 0.15) is 0 Å². The molecule has 0 saturated carbocycles. The second-order valence-corrected chi connectivity index (χ2v) is 8.45. The van der Waals surface area contributed by atoms with Gasteiger partial charge in [-0.1, -0.05) is 28.9 Å². The van der Waals surface area contributed by atoms with Crippen molar-refractivity contribution in [3.63, 3.8) is 0 Å². The van der Waals surface area contributed by atoms with Crippen molar-refractivity contribution in [1.82, 2.24) is 4.90 Å². The van der Waals surface area contributed by atoms with Gasteiger partial charge in [0, 0.05) is 24.4 Å². The van der Waals surface area contributed by atoms with Crippen LogP contribution in [0.4, 0.5) is 0 Å². The molecule has 0 atom stereocenters. The maximum Gasteiger partial charge on any atom is 0.379 e. The third kappa shape index (κ3) is 9.60. The molecular formula is C26H41NO3. The molecule has 4 nitrogen and oxygen atoms in total. The second-order valence-electron chi connectivity index (χ2n) is 8.45. The first-order valence-corrected chi connectivity index (χ1v) is 11.4. The number of esters is 1. The number of nitrogens with zero attached hydrogens (tertiary/aromatic N) is 1. The normalized spacial score (nSPS) is 15.8. The van der Waals surface area contributed by atoms with E-state index in [0.29, 0.717) is 5.57 Å². The lowest BCUT2D eigenvalue weighted by molar-refractivity contribution is -0.151. The molecule has 0 aromatic carbocycles. The molecule has 30 heavy (non-hydrogen) atoms. The highest BCUT2D eigenvalue weighted by molar-refractivity contribution is 6.40. The monoisotopic (exact) mass is 415 g/mol. The molecule has 1 saturated heterocycles. The highest BCUT2D eigenvalue weighted by Crippen LogP contribution is 2.25. The molecule has 1 rings (SSSR count). The van der Waals surface area contributed by atoms with Gasteiger partial charge in [-0.2, -0.15) is 0 Å². The lowest BCUT2D eigenvalue weighted by atomic mass is 10.0. The van der Waals surface area contributed by atoms with Crippen LogP contribution < -0.4 is 0 Å². The fourth-order valence-electron chi connectivity index (χ4n) is 3.68. The van der Waals surface area contributed by atoms with Crippen molar-refractivity contribution in [2.24, 2.45) is 0 Å². The Balaban J connectivity index is 2.68. The summed E-state index contributed by atoms with van der Waals surface area (Å²) in [6.07, 6.45) is 12.8. The zero-order chi connectivity index (χ0) is 22.5.